The minimum atomic E-state index is -0.865. The van der Waals surface area contributed by atoms with Gasteiger partial charge in [-0.3, -0.25) is 0 Å². The number of hydrogen-bond donors (Lipinski definition) is 2. The number of nitrogens with one attached hydrogen (secondary N) is 1. The molecule has 0 amide bonds. The maximum absolute atomic E-state index is 10.9. The van der Waals surface area contributed by atoms with E-state index in [2.05, 4.69) is 15.3 Å². The molecule has 0 aliphatic rings. The van der Waals surface area contributed by atoms with Crippen molar-refractivity contribution < 1.29 is 9.90 Å². The fraction of sp³-hybridized carbons (Fsp3) is 0.500. The van der Waals surface area contributed by atoms with Crippen LogP contribution in [-0.4, -0.2) is 27.1 Å². The fourth-order valence-corrected chi connectivity index (χ4v) is 1.20. The molecule has 1 heterocycles. The molecule has 1 aromatic rings. The second-order valence-electron chi connectivity index (χ2n) is 3.25. The quantitative estimate of drug-likeness (QED) is 0.743. The molecule has 0 aromatic carbocycles. The summed E-state index contributed by atoms with van der Waals surface area (Å²) in [5, 5.41) is 11.7. The fourth-order valence-electron chi connectivity index (χ4n) is 1.20. The van der Waals surface area contributed by atoms with Gasteiger partial charge in [-0.15, -0.1) is 0 Å². The number of hydrogen-bond acceptors (Lipinski definition) is 4. The Bertz CT molecular complexity index is 303. The van der Waals surface area contributed by atoms with Crippen LogP contribution < -0.4 is 5.32 Å². The van der Waals surface area contributed by atoms with Gasteiger partial charge in [0.1, 0.15) is 6.04 Å². The Hall–Kier alpha value is -1.65. The third kappa shape index (κ3) is 3.93. The van der Waals surface area contributed by atoms with Crippen molar-refractivity contribution in [2.24, 2.45) is 0 Å². The molecule has 15 heavy (non-hydrogen) atoms. The Morgan fingerprint density at radius 1 is 1.53 bits per heavy atom. The molecule has 0 bridgehead atoms. The smallest absolute Gasteiger partial charge is 0.326 e. The van der Waals surface area contributed by atoms with Crippen molar-refractivity contribution in [1.29, 1.82) is 0 Å². The molecule has 0 unspecified atom stereocenters. The van der Waals surface area contributed by atoms with Crippen LogP contribution in [0.4, 0.5) is 5.95 Å². The average molecular weight is 209 g/mol. The summed E-state index contributed by atoms with van der Waals surface area (Å²) in [7, 11) is 0. The first-order valence-electron chi connectivity index (χ1n) is 5.00. The molecule has 0 aliphatic carbocycles. The van der Waals surface area contributed by atoms with Gasteiger partial charge in [0, 0.05) is 12.4 Å². The number of anilines is 1. The van der Waals surface area contributed by atoms with Crippen molar-refractivity contribution in [2.45, 2.75) is 32.2 Å². The largest absolute Gasteiger partial charge is 0.480 e. The molecule has 0 saturated carbocycles. The van der Waals surface area contributed by atoms with E-state index in [0.29, 0.717) is 12.4 Å². The molecule has 5 nitrogen and oxygen atoms in total. The molecule has 1 atom stereocenters. The van der Waals surface area contributed by atoms with Gasteiger partial charge in [0.15, 0.2) is 0 Å². The second kappa shape index (κ2) is 5.95. The van der Waals surface area contributed by atoms with E-state index in [4.69, 9.17) is 5.11 Å². The molecule has 0 fully saturated rings. The second-order valence-corrected chi connectivity index (χ2v) is 3.25. The summed E-state index contributed by atoms with van der Waals surface area (Å²) in [4.78, 5) is 18.7. The Balaban J connectivity index is 2.55. The monoisotopic (exact) mass is 209 g/mol. The topological polar surface area (TPSA) is 75.1 Å². The van der Waals surface area contributed by atoms with Crippen LogP contribution in [-0.2, 0) is 4.79 Å². The van der Waals surface area contributed by atoms with E-state index in [0.717, 1.165) is 12.8 Å². The summed E-state index contributed by atoms with van der Waals surface area (Å²) in [5.41, 5.74) is 0. The first-order valence-corrected chi connectivity index (χ1v) is 5.00. The highest BCUT2D eigenvalue weighted by Crippen LogP contribution is 2.06. The summed E-state index contributed by atoms with van der Waals surface area (Å²) < 4.78 is 0. The van der Waals surface area contributed by atoms with Crippen LogP contribution in [0, 0.1) is 0 Å². The van der Waals surface area contributed by atoms with Crippen LogP contribution in [0.3, 0.4) is 0 Å². The third-order valence-corrected chi connectivity index (χ3v) is 2.01. The van der Waals surface area contributed by atoms with E-state index < -0.39 is 12.0 Å². The number of carbonyl (C=O) groups is 1. The molecule has 1 rings (SSSR count). The highest BCUT2D eigenvalue weighted by Gasteiger charge is 2.16. The molecule has 5 heteroatoms. The van der Waals surface area contributed by atoms with Gasteiger partial charge in [-0.05, 0) is 12.5 Å². The highest BCUT2D eigenvalue weighted by atomic mass is 16.4. The minimum Gasteiger partial charge on any atom is -0.480 e. The van der Waals surface area contributed by atoms with E-state index in [1.807, 2.05) is 6.92 Å². The summed E-state index contributed by atoms with van der Waals surface area (Å²) in [5.74, 6) is -0.503. The minimum absolute atomic E-state index is 0.362. The summed E-state index contributed by atoms with van der Waals surface area (Å²) >= 11 is 0. The molecular weight excluding hydrogens is 194 g/mol. The third-order valence-electron chi connectivity index (χ3n) is 2.01. The van der Waals surface area contributed by atoms with Crippen LogP contribution in [0.1, 0.15) is 26.2 Å². The molecule has 0 aliphatic heterocycles. The van der Waals surface area contributed by atoms with Crippen molar-refractivity contribution in [3.8, 4) is 0 Å². The lowest BCUT2D eigenvalue weighted by Crippen LogP contribution is -2.29. The Labute approximate surface area is 88.6 Å². The van der Waals surface area contributed by atoms with Gasteiger partial charge in [-0.2, -0.15) is 0 Å². The Morgan fingerprint density at radius 2 is 2.20 bits per heavy atom. The number of unbranched alkanes of at least 4 members (excludes halogenated alkanes) is 1. The van der Waals surface area contributed by atoms with Gasteiger partial charge in [0.25, 0.3) is 0 Å². The predicted molar refractivity (Wildman–Crippen MR) is 56.6 cm³/mol. The van der Waals surface area contributed by atoms with Gasteiger partial charge >= 0.3 is 5.97 Å². The zero-order chi connectivity index (χ0) is 11.1. The number of nitrogens with zero attached hydrogens (tertiary/aromatic N) is 2. The maximum Gasteiger partial charge on any atom is 0.326 e. The van der Waals surface area contributed by atoms with Crippen LogP contribution in [0.15, 0.2) is 18.5 Å². The van der Waals surface area contributed by atoms with Crippen molar-refractivity contribution in [3.05, 3.63) is 18.5 Å². The number of carboxylic acid groups (broad SMARTS) is 1. The molecule has 82 valence electrons. The summed E-state index contributed by atoms with van der Waals surface area (Å²) in [6, 6.07) is 1.08. The number of carboxylic acids is 1. The summed E-state index contributed by atoms with van der Waals surface area (Å²) in [6.45, 7) is 2.03. The van der Waals surface area contributed by atoms with Crippen LogP contribution >= 0.6 is 0 Å². The highest BCUT2D eigenvalue weighted by molar-refractivity contribution is 5.76. The van der Waals surface area contributed by atoms with E-state index in [1.54, 1.807) is 18.5 Å². The van der Waals surface area contributed by atoms with Crippen molar-refractivity contribution >= 4 is 11.9 Å². The molecule has 0 saturated heterocycles. The van der Waals surface area contributed by atoms with E-state index in [-0.39, 0.29) is 0 Å². The average Bonchev–Trinajstić information content (AvgIpc) is 2.25. The number of rotatable bonds is 6. The SMILES string of the molecule is CCCC[C@H](Nc1ncccn1)C(=O)O. The van der Waals surface area contributed by atoms with E-state index >= 15 is 0 Å². The molecule has 2 N–H and O–H groups in total. The maximum atomic E-state index is 10.9. The van der Waals surface area contributed by atoms with Gasteiger partial charge < -0.3 is 10.4 Å². The zero-order valence-corrected chi connectivity index (χ0v) is 8.68. The van der Waals surface area contributed by atoms with Gasteiger partial charge in [-0.1, -0.05) is 19.8 Å². The lowest BCUT2D eigenvalue weighted by molar-refractivity contribution is -0.138. The van der Waals surface area contributed by atoms with Crippen LogP contribution in [0.5, 0.6) is 0 Å². The predicted octanol–water partition coefficient (Wildman–Crippen LogP) is 1.53. The lowest BCUT2D eigenvalue weighted by atomic mass is 10.1. The first kappa shape index (κ1) is 11.4. The molecular formula is C10H15N3O2. The number of aliphatic carboxylic acids is 1. The summed E-state index contributed by atoms with van der Waals surface area (Å²) in [6.07, 6.45) is 5.59. The van der Waals surface area contributed by atoms with E-state index in [1.165, 1.54) is 0 Å². The van der Waals surface area contributed by atoms with Crippen molar-refractivity contribution in [2.75, 3.05) is 5.32 Å². The lowest BCUT2D eigenvalue weighted by Gasteiger charge is -2.13. The van der Waals surface area contributed by atoms with Gasteiger partial charge in [0.05, 0.1) is 0 Å². The number of aromatic nitrogens is 2. The Morgan fingerprint density at radius 3 is 2.73 bits per heavy atom. The first-order chi connectivity index (χ1) is 7.24. The van der Waals surface area contributed by atoms with E-state index in [9.17, 15) is 4.79 Å². The van der Waals surface area contributed by atoms with Gasteiger partial charge in [0.2, 0.25) is 5.95 Å². The Kier molecular flexibility index (Phi) is 4.53. The standard InChI is InChI=1S/C10H15N3O2/c1-2-3-5-8(9(14)15)13-10-11-6-4-7-12-10/h4,6-8H,2-3,5H2,1H3,(H,14,15)(H,11,12,13)/t8-/m0/s1. The van der Waals surface area contributed by atoms with Crippen LogP contribution in [0.25, 0.3) is 0 Å². The molecule has 0 radical (unpaired) electrons. The van der Waals surface area contributed by atoms with Crippen molar-refractivity contribution in [3.63, 3.8) is 0 Å². The zero-order valence-electron chi connectivity index (χ0n) is 8.68. The van der Waals surface area contributed by atoms with Crippen molar-refractivity contribution in [1.82, 2.24) is 9.97 Å². The molecule has 0 spiro atoms. The van der Waals surface area contributed by atoms with Crippen LogP contribution in [0.2, 0.25) is 0 Å². The molecule has 1 aromatic heterocycles. The normalized spacial score (nSPS) is 12.1. The van der Waals surface area contributed by atoms with Gasteiger partial charge in [-0.25, -0.2) is 14.8 Å².